The molecule has 0 atom stereocenters. The minimum Gasteiger partial charge on any atom is -0.350 e. The van der Waals surface area contributed by atoms with Crippen LogP contribution in [0.3, 0.4) is 0 Å². The number of anilines is 1. The molecule has 3 rings (SSSR count). The van der Waals surface area contributed by atoms with Crippen LogP contribution in [0.5, 0.6) is 0 Å². The second-order valence-electron chi connectivity index (χ2n) is 4.53. The van der Waals surface area contributed by atoms with E-state index >= 15 is 0 Å². The molecule has 22 heavy (non-hydrogen) atoms. The van der Waals surface area contributed by atoms with Crippen LogP contribution in [0.15, 0.2) is 35.7 Å². The molecule has 8 heteroatoms. The van der Waals surface area contributed by atoms with Gasteiger partial charge < -0.3 is 10.3 Å². The number of hydrogen-bond donors (Lipinski definition) is 2. The Kier molecular flexibility index (Phi) is 3.62. The molecule has 3 nitrogen and oxygen atoms in total. The predicted molar refractivity (Wildman–Crippen MR) is 80.6 cm³/mol. The fourth-order valence-corrected chi connectivity index (χ4v) is 3.00. The van der Waals surface area contributed by atoms with Crippen LogP contribution in [-0.2, 0) is 6.18 Å². The van der Waals surface area contributed by atoms with Crippen molar-refractivity contribution in [2.45, 2.75) is 6.18 Å². The van der Waals surface area contributed by atoms with Crippen LogP contribution in [0, 0.1) is 0 Å². The van der Waals surface area contributed by atoms with Gasteiger partial charge in [-0.1, -0.05) is 11.6 Å². The molecule has 1 aromatic carbocycles. The van der Waals surface area contributed by atoms with Crippen molar-refractivity contribution >= 4 is 44.7 Å². The molecule has 0 unspecified atom stereocenters. The Morgan fingerprint density at radius 3 is 2.68 bits per heavy atom. The Labute approximate surface area is 131 Å². The van der Waals surface area contributed by atoms with Gasteiger partial charge in [0.1, 0.15) is 5.69 Å². The van der Waals surface area contributed by atoms with Gasteiger partial charge in [0.05, 0.1) is 20.8 Å². The number of thiophene rings is 1. The zero-order valence-electron chi connectivity index (χ0n) is 10.8. The summed E-state index contributed by atoms with van der Waals surface area (Å²) < 4.78 is 39.3. The van der Waals surface area contributed by atoms with Gasteiger partial charge in [-0.25, -0.2) is 0 Å². The highest BCUT2D eigenvalue weighted by Gasteiger charge is 2.33. The van der Waals surface area contributed by atoms with E-state index in [0.29, 0.717) is 0 Å². The largest absolute Gasteiger partial charge is 0.417 e. The molecule has 2 aromatic heterocycles. The third-order valence-electron chi connectivity index (χ3n) is 3.01. The zero-order chi connectivity index (χ0) is 15.9. The number of rotatable bonds is 2. The number of aromatic amines is 1. The lowest BCUT2D eigenvalue weighted by Gasteiger charge is -2.11. The molecule has 0 saturated carbocycles. The molecule has 0 aliphatic heterocycles. The molecule has 0 saturated heterocycles. The minimum absolute atomic E-state index is 0.0275. The lowest BCUT2D eigenvalue weighted by Crippen LogP contribution is -2.13. The molecule has 2 heterocycles. The summed E-state index contributed by atoms with van der Waals surface area (Å²) in [5, 5.41) is 3.89. The molecular formula is C14H8ClF3N2OS. The molecule has 2 N–H and O–H groups in total. The summed E-state index contributed by atoms with van der Waals surface area (Å²) in [5.41, 5.74) is 0.131. The van der Waals surface area contributed by atoms with Crippen molar-refractivity contribution in [1.82, 2.24) is 4.98 Å². The molecule has 0 aliphatic rings. The Morgan fingerprint density at radius 1 is 1.23 bits per heavy atom. The van der Waals surface area contributed by atoms with Crippen molar-refractivity contribution in [3.8, 4) is 0 Å². The molecular weight excluding hydrogens is 337 g/mol. The van der Waals surface area contributed by atoms with Crippen molar-refractivity contribution in [3.05, 3.63) is 52.0 Å². The molecule has 114 valence electrons. The fourth-order valence-electron chi connectivity index (χ4n) is 1.99. The van der Waals surface area contributed by atoms with E-state index in [2.05, 4.69) is 10.3 Å². The van der Waals surface area contributed by atoms with Crippen LogP contribution >= 0.6 is 22.9 Å². The summed E-state index contributed by atoms with van der Waals surface area (Å²) in [7, 11) is 0. The first-order valence-corrected chi connectivity index (χ1v) is 7.34. The average molecular weight is 345 g/mol. The molecule has 0 radical (unpaired) electrons. The number of carbonyl (C=O) groups excluding carboxylic acids is 1. The van der Waals surface area contributed by atoms with E-state index in [1.165, 1.54) is 17.4 Å². The average Bonchev–Trinajstić information content (AvgIpc) is 3.00. The number of fused-ring (bicyclic) bond motifs is 1. The Bertz CT molecular complexity index is 825. The fraction of sp³-hybridized carbons (Fsp3) is 0.0714. The standard InChI is InChI=1S/C14H8ClF3N2OS/c15-9-2-1-7(5-8(9)14(16,17)18)19-13(21)11-6-12-10(20-11)3-4-22-12/h1-6,20H,(H,19,21). The second-order valence-corrected chi connectivity index (χ2v) is 5.88. The number of nitrogens with one attached hydrogen (secondary N) is 2. The van der Waals surface area contributed by atoms with Crippen molar-refractivity contribution in [3.63, 3.8) is 0 Å². The van der Waals surface area contributed by atoms with E-state index in [1.54, 1.807) is 6.07 Å². The van der Waals surface area contributed by atoms with Crippen molar-refractivity contribution in [2.24, 2.45) is 0 Å². The van der Waals surface area contributed by atoms with Crippen molar-refractivity contribution in [1.29, 1.82) is 0 Å². The lowest BCUT2D eigenvalue weighted by atomic mass is 10.2. The van der Waals surface area contributed by atoms with Crippen molar-refractivity contribution < 1.29 is 18.0 Å². The first kappa shape index (κ1) is 14.9. The van der Waals surface area contributed by atoms with Crippen LogP contribution < -0.4 is 5.32 Å². The number of carbonyl (C=O) groups is 1. The van der Waals surface area contributed by atoms with Gasteiger partial charge in [0.25, 0.3) is 5.91 Å². The Morgan fingerprint density at radius 2 is 2.00 bits per heavy atom. The number of amides is 1. The molecule has 1 amide bonds. The topological polar surface area (TPSA) is 44.9 Å². The molecule has 0 aliphatic carbocycles. The van der Waals surface area contributed by atoms with Crippen LogP contribution in [-0.4, -0.2) is 10.9 Å². The van der Waals surface area contributed by atoms with E-state index in [-0.39, 0.29) is 11.4 Å². The molecule has 0 fully saturated rings. The maximum Gasteiger partial charge on any atom is 0.417 e. The third kappa shape index (κ3) is 2.82. The summed E-state index contributed by atoms with van der Waals surface area (Å²) in [4.78, 5) is 15.0. The van der Waals surface area contributed by atoms with Gasteiger partial charge in [0.15, 0.2) is 0 Å². The zero-order valence-corrected chi connectivity index (χ0v) is 12.4. The van der Waals surface area contributed by atoms with Crippen LogP contribution in [0.25, 0.3) is 10.2 Å². The SMILES string of the molecule is O=C(Nc1ccc(Cl)c(C(F)(F)F)c1)c1cc2sccc2[nH]1. The van der Waals surface area contributed by atoms with E-state index in [9.17, 15) is 18.0 Å². The highest BCUT2D eigenvalue weighted by Crippen LogP contribution is 2.36. The van der Waals surface area contributed by atoms with E-state index < -0.39 is 22.7 Å². The summed E-state index contributed by atoms with van der Waals surface area (Å²) in [6.07, 6.45) is -4.58. The number of hydrogen-bond acceptors (Lipinski definition) is 2. The lowest BCUT2D eigenvalue weighted by molar-refractivity contribution is -0.137. The van der Waals surface area contributed by atoms with Gasteiger partial charge in [-0.05, 0) is 35.7 Å². The van der Waals surface area contributed by atoms with Crippen LogP contribution in [0.2, 0.25) is 5.02 Å². The highest BCUT2D eigenvalue weighted by molar-refractivity contribution is 7.17. The van der Waals surface area contributed by atoms with E-state index in [0.717, 1.165) is 22.3 Å². The van der Waals surface area contributed by atoms with Gasteiger partial charge in [0, 0.05) is 5.69 Å². The quantitative estimate of drug-likeness (QED) is 0.663. The number of H-pyrrole nitrogens is 1. The number of benzene rings is 1. The predicted octanol–water partition coefficient (Wildman–Crippen LogP) is 5.15. The minimum atomic E-state index is -4.58. The van der Waals surface area contributed by atoms with Gasteiger partial charge in [0.2, 0.25) is 0 Å². The Hall–Kier alpha value is -1.99. The van der Waals surface area contributed by atoms with Crippen LogP contribution in [0.4, 0.5) is 18.9 Å². The highest BCUT2D eigenvalue weighted by atomic mass is 35.5. The van der Waals surface area contributed by atoms with Crippen LogP contribution in [0.1, 0.15) is 16.1 Å². The number of halogens is 4. The normalized spacial score (nSPS) is 11.8. The Balaban J connectivity index is 1.86. The summed E-state index contributed by atoms with van der Waals surface area (Å²) in [6.45, 7) is 0. The second kappa shape index (κ2) is 5.33. The monoisotopic (exact) mass is 344 g/mol. The van der Waals surface area contributed by atoms with Gasteiger partial charge in [-0.15, -0.1) is 11.3 Å². The molecule has 0 spiro atoms. The van der Waals surface area contributed by atoms with E-state index in [1.807, 2.05) is 11.4 Å². The van der Waals surface area contributed by atoms with Crippen molar-refractivity contribution in [2.75, 3.05) is 5.32 Å². The number of alkyl halides is 3. The van der Waals surface area contributed by atoms with Gasteiger partial charge >= 0.3 is 6.18 Å². The first-order chi connectivity index (χ1) is 10.3. The summed E-state index contributed by atoms with van der Waals surface area (Å²) in [5.74, 6) is -0.515. The molecule has 0 bridgehead atoms. The summed E-state index contributed by atoms with van der Waals surface area (Å²) in [6, 6.07) is 6.70. The maximum absolute atomic E-state index is 12.8. The number of aromatic nitrogens is 1. The third-order valence-corrected chi connectivity index (χ3v) is 4.21. The van der Waals surface area contributed by atoms with Gasteiger partial charge in [-0.3, -0.25) is 4.79 Å². The van der Waals surface area contributed by atoms with E-state index in [4.69, 9.17) is 11.6 Å². The maximum atomic E-state index is 12.8. The first-order valence-electron chi connectivity index (χ1n) is 6.09. The smallest absolute Gasteiger partial charge is 0.350 e. The molecule has 3 aromatic rings. The summed E-state index contributed by atoms with van der Waals surface area (Å²) >= 11 is 7.00. The van der Waals surface area contributed by atoms with Gasteiger partial charge in [-0.2, -0.15) is 13.2 Å².